The molecule has 5 heterocycles. The van der Waals surface area contributed by atoms with Crippen LogP contribution in [0.1, 0.15) is 93.7 Å². The predicted molar refractivity (Wildman–Crippen MR) is 234 cm³/mol. The molecule has 20 heteroatoms. The maximum absolute atomic E-state index is 14.5. The molecule has 0 radical (unpaired) electrons. The van der Waals surface area contributed by atoms with E-state index in [0.717, 1.165) is 5.69 Å². The number of nitrogens with two attached hydrogens (primary N) is 1. The molecule has 2 N–H and O–H groups in total. The zero-order valence-corrected chi connectivity index (χ0v) is 39.3. The van der Waals surface area contributed by atoms with E-state index in [0.29, 0.717) is 17.8 Å². The molecule has 3 saturated heterocycles. The van der Waals surface area contributed by atoms with Crippen molar-refractivity contribution in [3.8, 4) is 5.69 Å². The molecule has 2 bridgehead atoms. The molecule has 3 aliphatic rings. The van der Waals surface area contributed by atoms with Crippen molar-refractivity contribution in [3.05, 3.63) is 42.5 Å². The minimum absolute atomic E-state index is 0.0537. The molecule has 358 valence electrons. The number of rotatable bonds is 10. The lowest BCUT2D eigenvalue weighted by Crippen LogP contribution is -2.61. The summed E-state index contributed by atoms with van der Waals surface area (Å²) in [6.45, 7) is 14.1. The summed E-state index contributed by atoms with van der Waals surface area (Å²) in [6, 6.07) is 5.06. The van der Waals surface area contributed by atoms with Crippen LogP contribution in [-0.4, -0.2) is 142 Å². The summed E-state index contributed by atoms with van der Waals surface area (Å²) in [5, 5.41) is 8.71. The smallest absolute Gasteiger partial charge is 0.405 e. The van der Waals surface area contributed by atoms with E-state index in [1.54, 1.807) is 63.1 Å². The molecule has 65 heavy (non-hydrogen) atoms. The second kappa shape index (κ2) is 21.9. The number of hydrogen-bond donors (Lipinski definition) is 1. The number of aliphatic imine (C=N–C) groups is 1. The van der Waals surface area contributed by atoms with Crippen molar-refractivity contribution in [3.63, 3.8) is 0 Å². The Labute approximate surface area is 379 Å². The van der Waals surface area contributed by atoms with Crippen LogP contribution in [0.2, 0.25) is 0 Å². The van der Waals surface area contributed by atoms with E-state index in [1.165, 1.54) is 20.8 Å². The fourth-order valence-corrected chi connectivity index (χ4v) is 9.25. The number of aromatic nitrogens is 3. The number of carbonyl (C=O) groups is 5. The number of ether oxygens (including phenoxy) is 7. The Hall–Kier alpha value is -5.15. The Kier molecular flexibility index (Phi) is 17.1. The maximum Gasteiger partial charge on any atom is 0.405 e. The average molecular weight is 912 g/mol. The highest BCUT2D eigenvalue weighted by atomic mass is 16.7. The number of cyclic esters (lactones) is 1. The minimum Gasteiger partial charge on any atom is -0.458 e. The Bertz CT molecular complexity index is 2050. The first kappa shape index (κ1) is 50.8. The summed E-state index contributed by atoms with van der Waals surface area (Å²) < 4.78 is 46.4. The molecule has 2 aromatic rings. The molecule has 0 unspecified atom stereocenters. The third-order valence-corrected chi connectivity index (χ3v) is 12.3. The van der Waals surface area contributed by atoms with Crippen molar-refractivity contribution in [2.75, 3.05) is 27.3 Å². The summed E-state index contributed by atoms with van der Waals surface area (Å²) >= 11 is 0. The summed E-state index contributed by atoms with van der Waals surface area (Å²) in [4.78, 5) is 83.5. The van der Waals surface area contributed by atoms with E-state index >= 15 is 0 Å². The highest BCUT2D eigenvalue weighted by Crippen LogP contribution is 2.41. The molecule has 2 aromatic heterocycles. The first-order valence-electron chi connectivity index (χ1n) is 22.0. The van der Waals surface area contributed by atoms with Gasteiger partial charge in [-0.3, -0.25) is 24.2 Å². The van der Waals surface area contributed by atoms with Gasteiger partial charge in [0.05, 0.1) is 54.6 Å². The third-order valence-electron chi connectivity index (χ3n) is 12.3. The van der Waals surface area contributed by atoms with E-state index in [1.807, 2.05) is 38.9 Å². The highest BCUT2D eigenvalue weighted by molar-refractivity contribution is 5.98. The second-order valence-electron chi connectivity index (χ2n) is 17.8. The van der Waals surface area contributed by atoms with Gasteiger partial charge in [0.25, 0.3) is 0 Å². The van der Waals surface area contributed by atoms with Crippen LogP contribution in [-0.2, 0) is 63.8 Å². The van der Waals surface area contributed by atoms with Gasteiger partial charge in [0.2, 0.25) is 5.91 Å². The fourth-order valence-electron chi connectivity index (χ4n) is 9.25. The minimum atomic E-state index is -1.81. The first-order valence-corrected chi connectivity index (χ1v) is 22.0. The van der Waals surface area contributed by atoms with Crippen LogP contribution in [0.25, 0.3) is 5.69 Å². The van der Waals surface area contributed by atoms with Gasteiger partial charge in [-0.15, -0.1) is 0 Å². The number of hydrogen-bond acceptors (Lipinski definition) is 17. The molecule has 3 fully saturated rings. The van der Waals surface area contributed by atoms with E-state index in [2.05, 4.69) is 20.2 Å². The molecule has 12 atom stereocenters. The Morgan fingerprint density at radius 1 is 1.06 bits per heavy atom. The number of esters is 2. The molecular formula is C45H65N7O13. The van der Waals surface area contributed by atoms with Crippen LogP contribution < -0.4 is 5.73 Å². The molecule has 5 rings (SSSR count). The topological polar surface area (TPSA) is 244 Å². The van der Waals surface area contributed by atoms with Crippen LogP contribution in [0.3, 0.4) is 0 Å². The number of carbonyl (C=O) groups excluding carboxylic acids is 5. The number of nitrogens with zero attached hydrogens (tertiary/aromatic N) is 6. The van der Waals surface area contributed by atoms with Crippen LogP contribution >= 0.6 is 0 Å². The van der Waals surface area contributed by atoms with Gasteiger partial charge in [0.1, 0.15) is 30.1 Å². The highest BCUT2D eigenvalue weighted by Gasteiger charge is 2.54. The zero-order chi connectivity index (χ0) is 47.8. The second-order valence-corrected chi connectivity index (χ2v) is 17.8. The average Bonchev–Trinajstić information content (AvgIpc) is 3.77. The summed E-state index contributed by atoms with van der Waals surface area (Å²) in [6.07, 6.45) is -2.25. The summed E-state index contributed by atoms with van der Waals surface area (Å²) in [5.74, 6) is -5.10. The molecule has 0 spiro atoms. The molecule has 2 amide bonds. The zero-order valence-electron chi connectivity index (χ0n) is 39.3. The maximum atomic E-state index is 14.5. The van der Waals surface area contributed by atoms with Gasteiger partial charge in [0.15, 0.2) is 24.6 Å². The van der Waals surface area contributed by atoms with Crippen molar-refractivity contribution in [1.29, 1.82) is 0 Å². The summed E-state index contributed by atoms with van der Waals surface area (Å²) in [5.41, 5.74) is 4.26. The van der Waals surface area contributed by atoms with Crippen LogP contribution in [0.5, 0.6) is 0 Å². The van der Waals surface area contributed by atoms with Gasteiger partial charge in [-0.25, -0.2) is 14.5 Å². The van der Waals surface area contributed by atoms with Crippen molar-refractivity contribution in [2.24, 2.45) is 33.6 Å². The molecule has 0 saturated carbocycles. The van der Waals surface area contributed by atoms with Gasteiger partial charge in [-0.1, -0.05) is 32.9 Å². The van der Waals surface area contributed by atoms with Gasteiger partial charge in [-0.05, 0) is 78.2 Å². The number of ketones is 1. The Morgan fingerprint density at radius 2 is 1.80 bits per heavy atom. The van der Waals surface area contributed by atoms with Gasteiger partial charge >= 0.3 is 18.0 Å². The lowest BCUT2D eigenvalue weighted by molar-refractivity contribution is -0.298. The Morgan fingerprint density at radius 3 is 2.40 bits per heavy atom. The summed E-state index contributed by atoms with van der Waals surface area (Å²) in [7, 11) is 3.72. The lowest BCUT2D eigenvalue weighted by Gasteiger charge is -2.48. The fraction of sp³-hybridized carbons (Fsp3) is 0.667. The van der Waals surface area contributed by atoms with Crippen molar-refractivity contribution >= 4 is 41.1 Å². The number of Topliss-reactive ketones (excluding diaryl/α,β-unsaturated/α-hetero) is 1. The number of primary amides is 1. The molecule has 0 aromatic carbocycles. The molecule has 20 nitrogen and oxygen atoms in total. The number of amides is 2. The number of pyridine rings is 1. The van der Waals surface area contributed by atoms with E-state index in [-0.39, 0.29) is 50.5 Å². The lowest BCUT2D eigenvalue weighted by atomic mass is 9.74. The van der Waals surface area contributed by atoms with E-state index in [9.17, 15) is 24.0 Å². The standard InChI is InChI=1S/C45H65N7O13/c1-12-36-45(9,65-43(46)57)41-28(5)38(49-29(6)53)25(2)20-44(8,59-23-32(22-58-41)50-60-24-31-14-15-33(21-47-31)52-17-13-16-48-52)40(27(4)35(55)19-37(56)63-36)64-42-39(62-30(7)54)34(51(10)11)18-26(3)61-42/h13-17,21,25-28,34,36,39-42H,12,18-20,22-24H2,1-11H3,(H2,46,57)/b49-38?,50-32+/t25-,26-,27+,28+,34+,36-,39-,40-,41-,42+,44-,45-/m1/s1. The van der Waals surface area contributed by atoms with Crippen LogP contribution in [0.15, 0.2) is 46.9 Å². The van der Waals surface area contributed by atoms with E-state index in [4.69, 9.17) is 43.7 Å². The van der Waals surface area contributed by atoms with Crippen LogP contribution in [0.4, 0.5) is 4.79 Å². The molecule has 0 aliphatic carbocycles. The predicted octanol–water partition coefficient (Wildman–Crippen LogP) is 4.13. The number of oxime groups is 1. The van der Waals surface area contributed by atoms with Gasteiger partial charge in [0, 0.05) is 43.8 Å². The van der Waals surface area contributed by atoms with Crippen molar-refractivity contribution in [1.82, 2.24) is 19.7 Å². The van der Waals surface area contributed by atoms with Crippen molar-refractivity contribution in [2.45, 2.75) is 149 Å². The quantitative estimate of drug-likeness (QED) is 0.152. The number of fused-ring (bicyclic) bond motifs is 5. The van der Waals surface area contributed by atoms with Gasteiger partial charge in [-0.2, -0.15) is 5.10 Å². The van der Waals surface area contributed by atoms with Crippen LogP contribution in [0, 0.1) is 17.8 Å². The normalized spacial score (nSPS) is 34.2. The molecule has 3 aliphatic heterocycles. The molecular weight excluding hydrogens is 847 g/mol. The first-order chi connectivity index (χ1) is 30.6. The van der Waals surface area contributed by atoms with E-state index < -0.39 is 95.8 Å². The largest absolute Gasteiger partial charge is 0.458 e. The van der Waals surface area contributed by atoms with Gasteiger partial charge < -0.3 is 48.6 Å². The van der Waals surface area contributed by atoms with Crippen molar-refractivity contribution < 1.29 is 62.0 Å². The third kappa shape index (κ3) is 12.6. The monoisotopic (exact) mass is 911 g/mol. The number of likely N-dealkylation sites (N-methyl/N-ethyl adjacent to an activating group) is 1. The Balaban J connectivity index is 1.68. The SMILES string of the molecule is CC[C@H]1OC(=O)CC(=O)[C@H](C)[C@@H](O[C@@H]2O[C@H](C)C[C@H](N(C)C)[C@H]2OC(C)=O)[C@@]2(C)C[C@@H](C)C(=NC(C)=O)[C@H](C)[C@@H](OC/C(=N\OCc3ccc(-n4cccn4)cn3)CO2)[C@]1(C)OC(N)=O.